The van der Waals surface area contributed by atoms with Crippen LogP contribution in [-0.2, 0) is 9.53 Å². The monoisotopic (exact) mass is 422 g/mol. The van der Waals surface area contributed by atoms with E-state index in [1.807, 2.05) is 5.32 Å². The summed E-state index contributed by atoms with van der Waals surface area (Å²) < 4.78 is 46.5. The number of aromatic nitrogens is 2. The summed E-state index contributed by atoms with van der Waals surface area (Å²) in [6.07, 6.45) is -5.27. The summed E-state index contributed by atoms with van der Waals surface area (Å²) in [6.45, 7) is 2.52. The highest BCUT2D eigenvalue weighted by molar-refractivity contribution is 7.15. The maximum atomic E-state index is 14.0. The first kappa shape index (κ1) is 20.9. The fraction of sp³-hybridized carbons (Fsp3) is 0.333. The number of amides is 1. The molecule has 0 spiro atoms. The second-order valence-electron chi connectivity index (χ2n) is 5.15. The standard InChI is InChI=1S/C15H14ClF3N4O3S/c1-3-26-12(25)14(15(17,18)19,21-13-23-22-8(2)27-13)20-11(24)9-6-4-5-7-10(9)16/h4-7H,3H2,1-2H3,(H,20,24)(H,21,23)/t14-/m1/s1. The summed E-state index contributed by atoms with van der Waals surface area (Å²) in [5.41, 5.74) is -3.82. The zero-order valence-corrected chi connectivity index (χ0v) is 15.6. The number of hydrogen-bond donors (Lipinski definition) is 2. The number of nitrogens with one attached hydrogen (secondary N) is 2. The number of anilines is 1. The zero-order valence-electron chi connectivity index (χ0n) is 14.1. The van der Waals surface area contributed by atoms with Gasteiger partial charge in [0.15, 0.2) is 0 Å². The average Bonchev–Trinajstić information content (AvgIpc) is 2.98. The van der Waals surface area contributed by atoms with Crippen LogP contribution in [0.15, 0.2) is 24.3 Å². The van der Waals surface area contributed by atoms with Crippen LogP contribution in [0.3, 0.4) is 0 Å². The predicted octanol–water partition coefficient (Wildman–Crippen LogP) is 3.16. The maximum Gasteiger partial charge on any atom is 0.442 e. The van der Waals surface area contributed by atoms with Gasteiger partial charge in [-0.25, -0.2) is 4.79 Å². The van der Waals surface area contributed by atoms with Crippen molar-refractivity contribution in [2.24, 2.45) is 0 Å². The van der Waals surface area contributed by atoms with Gasteiger partial charge < -0.3 is 15.4 Å². The van der Waals surface area contributed by atoms with E-state index in [4.69, 9.17) is 11.6 Å². The van der Waals surface area contributed by atoms with Crippen LogP contribution in [0.5, 0.6) is 0 Å². The Labute approximate surface area is 160 Å². The number of carbonyl (C=O) groups excluding carboxylic acids is 2. The van der Waals surface area contributed by atoms with Crippen molar-refractivity contribution < 1.29 is 27.5 Å². The van der Waals surface area contributed by atoms with E-state index in [0.717, 1.165) is 11.3 Å². The van der Waals surface area contributed by atoms with Gasteiger partial charge in [-0.05, 0) is 26.0 Å². The largest absolute Gasteiger partial charge is 0.463 e. The minimum absolute atomic E-state index is 0.0818. The van der Waals surface area contributed by atoms with Crippen LogP contribution in [0.1, 0.15) is 22.3 Å². The van der Waals surface area contributed by atoms with Gasteiger partial charge in [0.1, 0.15) is 5.01 Å². The molecule has 12 heteroatoms. The Kier molecular flexibility index (Phi) is 6.26. The molecule has 2 rings (SSSR count). The number of esters is 1. The molecular weight excluding hydrogens is 409 g/mol. The lowest BCUT2D eigenvalue weighted by Gasteiger charge is -2.34. The third kappa shape index (κ3) is 4.48. The van der Waals surface area contributed by atoms with E-state index in [2.05, 4.69) is 14.9 Å². The van der Waals surface area contributed by atoms with Gasteiger partial charge in [-0.2, -0.15) is 13.2 Å². The molecule has 1 aromatic heterocycles. The molecule has 0 aliphatic heterocycles. The Hall–Kier alpha value is -2.40. The van der Waals surface area contributed by atoms with Crippen molar-refractivity contribution in [1.82, 2.24) is 15.5 Å². The van der Waals surface area contributed by atoms with Crippen LogP contribution in [0.25, 0.3) is 0 Å². The van der Waals surface area contributed by atoms with E-state index in [0.29, 0.717) is 5.01 Å². The number of halogens is 4. The molecule has 0 saturated carbocycles. The van der Waals surface area contributed by atoms with Gasteiger partial charge in [0, 0.05) is 0 Å². The molecule has 0 fully saturated rings. The highest BCUT2D eigenvalue weighted by Crippen LogP contribution is 2.34. The predicted molar refractivity (Wildman–Crippen MR) is 92.6 cm³/mol. The van der Waals surface area contributed by atoms with Gasteiger partial charge in [0.25, 0.3) is 5.91 Å². The van der Waals surface area contributed by atoms with Crippen molar-refractivity contribution in [2.75, 3.05) is 11.9 Å². The molecule has 0 unspecified atom stereocenters. The Balaban J connectivity index is 2.50. The lowest BCUT2D eigenvalue weighted by atomic mass is 10.1. The molecule has 0 aliphatic rings. The van der Waals surface area contributed by atoms with Gasteiger partial charge in [-0.15, -0.1) is 10.2 Å². The van der Waals surface area contributed by atoms with Crippen LogP contribution < -0.4 is 10.6 Å². The summed E-state index contributed by atoms with van der Waals surface area (Å²) in [5.74, 6) is -2.97. The second-order valence-corrected chi connectivity index (χ2v) is 6.74. The number of hydrogen-bond acceptors (Lipinski definition) is 7. The highest BCUT2D eigenvalue weighted by Gasteiger charge is 2.64. The molecule has 1 atom stereocenters. The lowest BCUT2D eigenvalue weighted by molar-refractivity contribution is -0.204. The number of alkyl halides is 3. The molecule has 0 radical (unpaired) electrons. The molecule has 1 aromatic carbocycles. The molecule has 1 amide bonds. The first-order chi connectivity index (χ1) is 12.6. The Morgan fingerprint density at radius 1 is 1.26 bits per heavy atom. The second kappa shape index (κ2) is 8.09. The molecule has 146 valence electrons. The van der Waals surface area contributed by atoms with E-state index in [-0.39, 0.29) is 22.3 Å². The maximum absolute atomic E-state index is 14.0. The number of nitrogens with zero attached hydrogens (tertiary/aromatic N) is 2. The van der Waals surface area contributed by atoms with Gasteiger partial charge in [0.05, 0.1) is 17.2 Å². The molecular formula is C15H14ClF3N4O3S. The number of carbonyl (C=O) groups is 2. The molecule has 0 aliphatic carbocycles. The average molecular weight is 423 g/mol. The normalized spacial score (nSPS) is 13.6. The summed E-state index contributed by atoms with van der Waals surface area (Å²) >= 11 is 6.64. The van der Waals surface area contributed by atoms with Crippen molar-refractivity contribution in [2.45, 2.75) is 25.7 Å². The smallest absolute Gasteiger partial charge is 0.442 e. The SMILES string of the molecule is CCOC(=O)[C@@](NC(=O)c1ccccc1Cl)(Nc1nnc(C)s1)C(F)(F)F. The van der Waals surface area contributed by atoms with E-state index in [1.54, 1.807) is 5.32 Å². The summed E-state index contributed by atoms with van der Waals surface area (Å²) in [7, 11) is 0. The van der Waals surface area contributed by atoms with Crippen molar-refractivity contribution in [3.8, 4) is 0 Å². The molecule has 0 bridgehead atoms. The first-order valence-electron chi connectivity index (χ1n) is 7.50. The number of ether oxygens (including phenoxy) is 1. The minimum Gasteiger partial charge on any atom is -0.463 e. The molecule has 7 nitrogen and oxygen atoms in total. The Bertz CT molecular complexity index is 846. The third-order valence-corrected chi connectivity index (χ3v) is 4.33. The van der Waals surface area contributed by atoms with Crippen molar-refractivity contribution in [3.63, 3.8) is 0 Å². The van der Waals surface area contributed by atoms with Crippen LogP contribution in [-0.4, -0.2) is 40.5 Å². The quantitative estimate of drug-likeness (QED) is 0.548. The van der Waals surface area contributed by atoms with Crippen LogP contribution in [0.4, 0.5) is 18.3 Å². The first-order valence-corrected chi connectivity index (χ1v) is 8.69. The zero-order chi connectivity index (χ0) is 20.2. The Morgan fingerprint density at radius 2 is 1.93 bits per heavy atom. The van der Waals surface area contributed by atoms with E-state index in [9.17, 15) is 22.8 Å². The fourth-order valence-corrected chi connectivity index (χ4v) is 2.89. The van der Waals surface area contributed by atoms with Gasteiger partial charge in [-0.1, -0.05) is 35.1 Å². The number of aryl methyl sites for hydroxylation is 1. The minimum atomic E-state index is -5.27. The Morgan fingerprint density at radius 3 is 2.44 bits per heavy atom. The summed E-state index contributed by atoms with van der Waals surface area (Å²) in [4.78, 5) is 24.7. The van der Waals surface area contributed by atoms with Crippen LogP contribution >= 0.6 is 22.9 Å². The van der Waals surface area contributed by atoms with Crippen LogP contribution in [0, 0.1) is 6.92 Å². The van der Waals surface area contributed by atoms with E-state index in [1.165, 1.54) is 38.1 Å². The third-order valence-electron chi connectivity index (χ3n) is 3.25. The highest BCUT2D eigenvalue weighted by atomic mass is 35.5. The van der Waals surface area contributed by atoms with Gasteiger partial charge in [-0.3, -0.25) is 4.79 Å². The molecule has 0 saturated heterocycles. The van der Waals surface area contributed by atoms with E-state index < -0.39 is 23.7 Å². The molecule has 2 aromatic rings. The van der Waals surface area contributed by atoms with E-state index >= 15 is 0 Å². The number of rotatable bonds is 6. The van der Waals surface area contributed by atoms with Gasteiger partial charge in [0.2, 0.25) is 5.13 Å². The lowest BCUT2D eigenvalue weighted by Crippen LogP contribution is -2.69. The van der Waals surface area contributed by atoms with Crippen LogP contribution in [0.2, 0.25) is 5.02 Å². The summed E-state index contributed by atoms with van der Waals surface area (Å²) in [6, 6.07) is 5.47. The van der Waals surface area contributed by atoms with Crippen molar-refractivity contribution >= 4 is 39.9 Å². The van der Waals surface area contributed by atoms with Crippen molar-refractivity contribution in [1.29, 1.82) is 0 Å². The van der Waals surface area contributed by atoms with Gasteiger partial charge >= 0.3 is 17.8 Å². The molecule has 1 heterocycles. The summed E-state index contributed by atoms with van der Waals surface area (Å²) in [5, 5.41) is 10.7. The molecule has 27 heavy (non-hydrogen) atoms. The fourth-order valence-electron chi connectivity index (χ4n) is 2.02. The molecule has 2 N–H and O–H groups in total. The number of benzene rings is 1. The van der Waals surface area contributed by atoms with Crippen molar-refractivity contribution in [3.05, 3.63) is 39.9 Å². The topological polar surface area (TPSA) is 93.2 Å².